The fraction of sp³-hybridized carbons (Fsp3) is 0.591. The van der Waals surface area contributed by atoms with E-state index in [0.29, 0.717) is 19.7 Å². The Kier molecular flexibility index (Phi) is 10.3. The Balaban J connectivity index is 1.80. The molecule has 1 fully saturated rings. The standard InChI is InChI=1S/C22H36N4O3S/c1-4-5-6-7-8-15-26(3)22(23-2)24-17-19-11-13-21(14-12-19)30(27,28)25-18-20-10-9-16-29-20/h4,11-14,20,25H,1,5-10,15-18H2,2-3H3,(H,23,24). The number of hydrogen-bond acceptors (Lipinski definition) is 4. The number of allylic oxidation sites excluding steroid dienone is 1. The predicted octanol–water partition coefficient (Wildman–Crippen LogP) is 2.90. The first-order chi connectivity index (χ1) is 14.5. The van der Waals surface area contributed by atoms with Gasteiger partial charge in [-0.1, -0.05) is 24.6 Å². The van der Waals surface area contributed by atoms with Crippen molar-refractivity contribution in [3.8, 4) is 0 Å². The molecule has 1 aliphatic rings. The molecule has 1 atom stereocenters. The summed E-state index contributed by atoms with van der Waals surface area (Å²) in [6.07, 6.45) is 8.34. The quantitative estimate of drug-likeness (QED) is 0.228. The lowest BCUT2D eigenvalue weighted by Gasteiger charge is -2.22. The molecule has 1 aliphatic heterocycles. The van der Waals surface area contributed by atoms with Gasteiger partial charge in [0.05, 0.1) is 11.0 Å². The van der Waals surface area contributed by atoms with Crippen molar-refractivity contribution in [2.45, 2.75) is 56.1 Å². The lowest BCUT2D eigenvalue weighted by molar-refractivity contribution is 0.114. The summed E-state index contributed by atoms with van der Waals surface area (Å²) in [4.78, 5) is 6.72. The fourth-order valence-corrected chi connectivity index (χ4v) is 4.43. The van der Waals surface area contributed by atoms with Crippen LogP contribution in [0, 0.1) is 0 Å². The molecule has 1 aromatic carbocycles. The number of aliphatic imine (C=N–C) groups is 1. The van der Waals surface area contributed by atoms with Crippen LogP contribution in [-0.4, -0.2) is 59.2 Å². The van der Waals surface area contributed by atoms with Crippen LogP contribution in [0.25, 0.3) is 0 Å². The second-order valence-electron chi connectivity index (χ2n) is 7.59. The van der Waals surface area contributed by atoms with E-state index in [9.17, 15) is 8.42 Å². The average Bonchev–Trinajstić information content (AvgIpc) is 3.27. The normalized spacial score (nSPS) is 17.1. The molecule has 0 saturated carbocycles. The highest BCUT2D eigenvalue weighted by Crippen LogP contribution is 2.14. The van der Waals surface area contributed by atoms with Gasteiger partial charge in [-0.3, -0.25) is 4.99 Å². The third-order valence-corrected chi connectivity index (χ3v) is 6.62. The van der Waals surface area contributed by atoms with Crippen molar-refractivity contribution in [2.24, 2.45) is 4.99 Å². The third-order valence-electron chi connectivity index (χ3n) is 5.18. The van der Waals surface area contributed by atoms with Crippen molar-refractivity contribution in [1.82, 2.24) is 14.9 Å². The molecule has 0 aliphatic carbocycles. The Morgan fingerprint density at radius 1 is 1.30 bits per heavy atom. The van der Waals surface area contributed by atoms with E-state index in [1.54, 1.807) is 19.2 Å². The maximum atomic E-state index is 12.5. The van der Waals surface area contributed by atoms with E-state index in [1.165, 1.54) is 12.8 Å². The van der Waals surface area contributed by atoms with Crippen molar-refractivity contribution in [3.05, 3.63) is 42.5 Å². The maximum absolute atomic E-state index is 12.5. The molecule has 0 radical (unpaired) electrons. The topological polar surface area (TPSA) is 83.0 Å². The van der Waals surface area contributed by atoms with Crippen molar-refractivity contribution in [1.29, 1.82) is 0 Å². The van der Waals surface area contributed by atoms with Gasteiger partial charge < -0.3 is 15.0 Å². The van der Waals surface area contributed by atoms with Crippen LogP contribution in [0.15, 0.2) is 46.8 Å². The van der Waals surface area contributed by atoms with Crippen LogP contribution in [0.5, 0.6) is 0 Å². The van der Waals surface area contributed by atoms with Crippen LogP contribution in [0.4, 0.5) is 0 Å². The van der Waals surface area contributed by atoms with Gasteiger partial charge in [0.1, 0.15) is 0 Å². The Bertz CT molecular complexity index is 772. The molecule has 0 spiro atoms. The fourth-order valence-electron chi connectivity index (χ4n) is 3.36. The highest BCUT2D eigenvalue weighted by Gasteiger charge is 2.20. The first-order valence-corrected chi connectivity index (χ1v) is 12.2. The smallest absolute Gasteiger partial charge is 0.240 e. The van der Waals surface area contributed by atoms with E-state index >= 15 is 0 Å². The summed E-state index contributed by atoms with van der Waals surface area (Å²) >= 11 is 0. The zero-order valence-corrected chi connectivity index (χ0v) is 19.1. The number of hydrogen-bond donors (Lipinski definition) is 2. The van der Waals surface area contributed by atoms with E-state index < -0.39 is 10.0 Å². The number of ether oxygens (including phenoxy) is 1. The van der Waals surface area contributed by atoms with Crippen molar-refractivity contribution < 1.29 is 13.2 Å². The molecular weight excluding hydrogens is 400 g/mol. The second kappa shape index (κ2) is 12.7. The Labute approximate surface area is 181 Å². The molecule has 2 N–H and O–H groups in total. The van der Waals surface area contributed by atoms with Crippen LogP contribution in [0.1, 0.15) is 44.1 Å². The summed E-state index contributed by atoms with van der Waals surface area (Å²) in [6, 6.07) is 6.94. The highest BCUT2D eigenvalue weighted by molar-refractivity contribution is 7.89. The monoisotopic (exact) mass is 436 g/mol. The molecule has 7 nitrogen and oxygen atoms in total. The Hall–Kier alpha value is -1.90. The van der Waals surface area contributed by atoms with Gasteiger partial charge in [0, 0.05) is 40.3 Å². The third kappa shape index (κ3) is 8.08. The summed E-state index contributed by atoms with van der Waals surface area (Å²) in [7, 11) is 0.276. The van der Waals surface area contributed by atoms with E-state index in [0.717, 1.165) is 43.8 Å². The minimum atomic E-state index is -3.52. The number of benzene rings is 1. The van der Waals surface area contributed by atoms with E-state index in [1.807, 2.05) is 25.3 Å². The maximum Gasteiger partial charge on any atom is 0.240 e. The van der Waals surface area contributed by atoms with Crippen molar-refractivity contribution >= 4 is 16.0 Å². The van der Waals surface area contributed by atoms with Gasteiger partial charge in [-0.15, -0.1) is 6.58 Å². The van der Waals surface area contributed by atoms with Crippen LogP contribution >= 0.6 is 0 Å². The molecule has 1 saturated heterocycles. The molecule has 1 aromatic rings. The van der Waals surface area contributed by atoms with E-state index in [2.05, 4.69) is 26.5 Å². The molecule has 168 valence electrons. The van der Waals surface area contributed by atoms with Crippen LogP contribution in [0.2, 0.25) is 0 Å². The van der Waals surface area contributed by atoms with E-state index in [-0.39, 0.29) is 11.0 Å². The molecule has 0 amide bonds. The summed E-state index contributed by atoms with van der Waals surface area (Å²) in [5, 5.41) is 3.34. The summed E-state index contributed by atoms with van der Waals surface area (Å²) in [5.41, 5.74) is 0.994. The van der Waals surface area contributed by atoms with Gasteiger partial charge >= 0.3 is 0 Å². The highest BCUT2D eigenvalue weighted by atomic mass is 32.2. The first-order valence-electron chi connectivity index (χ1n) is 10.7. The molecule has 8 heteroatoms. The predicted molar refractivity (Wildman–Crippen MR) is 122 cm³/mol. The molecule has 1 unspecified atom stereocenters. The zero-order valence-electron chi connectivity index (χ0n) is 18.3. The van der Waals surface area contributed by atoms with E-state index in [4.69, 9.17) is 4.74 Å². The zero-order chi connectivity index (χ0) is 21.8. The van der Waals surface area contributed by atoms with Crippen molar-refractivity contribution in [2.75, 3.05) is 33.8 Å². The summed E-state index contributed by atoms with van der Waals surface area (Å²) < 4.78 is 33.0. The second-order valence-corrected chi connectivity index (χ2v) is 9.36. The number of unbranched alkanes of at least 4 members (excludes halogenated alkanes) is 3. The average molecular weight is 437 g/mol. The molecule has 2 rings (SSSR count). The Morgan fingerprint density at radius 3 is 2.70 bits per heavy atom. The van der Waals surface area contributed by atoms with Crippen LogP contribution < -0.4 is 10.0 Å². The van der Waals surface area contributed by atoms with Gasteiger partial charge in [0.2, 0.25) is 10.0 Å². The minimum absolute atomic E-state index is 0.0195. The number of nitrogens with zero attached hydrogens (tertiary/aromatic N) is 2. The first kappa shape index (κ1) is 24.4. The van der Waals surface area contributed by atoms with Crippen LogP contribution in [-0.2, 0) is 21.3 Å². The van der Waals surface area contributed by atoms with Crippen molar-refractivity contribution in [3.63, 3.8) is 0 Å². The SMILES string of the molecule is C=CCCCCCN(C)C(=NC)NCc1ccc(S(=O)(=O)NCC2CCCO2)cc1. The molecule has 0 bridgehead atoms. The van der Waals surface area contributed by atoms with Gasteiger partial charge in [-0.2, -0.15) is 0 Å². The summed E-state index contributed by atoms with van der Waals surface area (Å²) in [6.45, 7) is 6.30. The Morgan fingerprint density at radius 2 is 2.07 bits per heavy atom. The number of sulfonamides is 1. The van der Waals surface area contributed by atoms with Gasteiger partial charge in [0.15, 0.2) is 5.96 Å². The number of guanidine groups is 1. The molecule has 1 heterocycles. The van der Waals surface area contributed by atoms with Crippen LogP contribution in [0.3, 0.4) is 0 Å². The van der Waals surface area contributed by atoms with Gasteiger partial charge in [-0.25, -0.2) is 13.1 Å². The summed E-state index contributed by atoms with van der Waals surface area (Å²) in [5.74, 6) is 0.827. The lowest BCUT2D eigenvalue weighted by Crippen LogP contribution is -2.39. The molecule has 30 heavy (non-hydrogen) atoms. The lowest BCUT2D eigenvalue weighted by atomic mass is 10.2. The van der Waals surface area contributed by atoms with Gasteiger partial charge in [0.25, 0.3) is 0 Å². The molecule has 0 aromatic heterocycles. The molecular formula is C22H36N4O3S. The number of rotatable bonds is 12. The number of nitrogens with one attached hydrogen (secondary N) is 2. The minimum Gasteiger partial charge on any atom is -0.377 e. The van der Waals surface area contributed by atoms with Gasteiger partial charge in [-0.05, 0) is 49.8 Å². The largest absolute Gasteiger partial charge is 0.377 e.